The molecule has 1 atom stereocenters. The van der Waals surface area contributed by atoms with Crippen LogP contribution in [0.3, 0.4) is 0 Å². The minimum absolute atomic E-state index is 0.0478. The van der Waals surface area contributed by atoms with Crippen LogP contribution >= 0.6 is 0 Å². The van der Waals surface area contributed by atoms with Gasteiger partial charge in [-0.3, -0.25) is 13.9 Å². The lowest BCUT2D eigenvalue weighted by Gasteiger charge is -2.31. The number of hydrogen-bond donors (Lipinski definition) is 1. The SMILES string of the molecule is CC(C)=CCn1c(N2CCCC(N)C2)nc2c1c(=O)n(CCc1ccc(F)cc1)c(=O)n2C. The van der Waals surface area contributed by atoms with E-state index in [9.17, 15) is 14.0 Å². The number of nitrogens with two attached hydrogens (primary N) is 1. The van der Waals surface area contributed by atoms with Gasteiger partial charge in [0.05, 0.1) is 0 Å². The maximum Gasteiger partial charge on any atom is 0.332 e. The number of piperidine rings is 1. The van der Waals surface area contributed by atoms with Crippen molar-refractivity contribution < 1.29 is 4.39 Å². The number of rotatable bonds is 6. The Balaban J connectivity index is 1.83. The van der Waals surface area contributed by atoms with Gasteiger partial charge in [-0.2, -0.15) is 4.98 Å². The molecule has 1 aliphatic rings. The van der Waals surface area contributed by atoms with E-state index in [0.717, 1.165) is 30.5 Å². The van der Waals surface area contributed by atoms with Crippen molar-refractivity contribution in [3.05, 3.63) is 68.1 Å². The van der Waals surface area contributed by atoms with Crippen LogP contribution in [-0.2, 0) is 26.6 Å². The summed E-state index contributed by atoms with van der Waals surface area (Å²) in [5, 5.41) is 0. The monoisotopic (exact) mass is 454 g/mol. The number of hydrogen-bond acceptors (Lipinski definition) is 5. The summed E-state index contributed by atoms with van der Waals surface area (Å²) >= 11 is 0. The molecule has 0 bridgehead atoms. The average molecular weight is 455 g/mol. The van der Waals surface area contributed by atoms with Gasteiger partial charge in [0.1, 0.15) is 5.82 Å². The number of imidazole rings is 1. The van der Waals surface area contributed by atoms with Crippen molar-refractivity contribution in [3.8, 4) is 0 Å². The van der Waals surface area contributed by atoms with Gasteiger partial charge in [0.25, 0.3) is 5.56 Å². The summed E-state index contributed by atoms with van der Waals surface area (Å²) in [5.41, 5.74) is 8.19. The number of nitrogens with zero attached hydrogens (tertiary/aromatic N) is 5. The maximum atomic E-state index is 13.6. The van der Waals surface area contributed by atoms with Crippen molar-refractivity contribution in [1.82, 2.24) is 18.7 Å². The molecule has 1 aromatic carbocycles. The average Bonchev–Trinajstić information content (AvgIpc) is 3.17. The quantitative estimate of drug-likeness (QED) is 0.577. The maximum absolute atomic E-state index is 13.6. The molecule has 3 heterocycles. The van der Waals surface area contributed by atoms with E-state index in [1.807, 2.05) is 24.5 Å². The van der Waals surface area contributed by atoms with Gasteiger partial charge in [-0.1, -0.05) is 23.8 Å². The molecule has 8 nitrogen and oxygen atoms in total. The molecule has 4 rings (SSSR count). The highest BCUT2D eigenvalue weighted by Gasteiger charge is 2.26. The predicted molar refractivity (Wildman–Crippen MR) is 128 cm³/mol. The number of benzene rings is 1. The summed E-state index contributed by atoms with van der Waals surface area (Å²) in [6, 6.07) is 6.14. The largest absolute Gasteiger partial charge is 0.341 e. The van der Waals surface area contributed by atoms with Crippen LogP contribution in [0.2, 0.25) is 0 Å². The van der Waals surface area contributed by atoms with E-state index in [0.29, 0.717) is 36.6 Å². The molecule has 33 heavy (non-hydrogen) atoms. The van der Waals surface area contributed by atoms with E-state index in [2.05, 4.69) is 4.90 Å². The Hall–Kier alpha value is -3.20. The minimum Gasteiger partial charge on any atom is -0.341 e. The van der Waals surface area contributed by atoms with Crippen molar-refractivity contribution in [3.63, 3.8) is 0 Å². The van der Waals surface area contributed by atoms with Crippen LogP contribution in [-0.4, -0.2) is 37.8 Å². The summed E-state index contributed by atoms with van der Waals surface area (Å²) in [5.74, 6) is 0.349. The van der Waals surface area contributed by atoms with Crippen LogP contribution in [0.15, 0.2) is 45.5 Å². The van der Waals surface area contributed by atoms with Crippen molar-refractivity contribution in [2.75, 3.05) is 18.0 Å². The third-order valence-corrected chi connectivity index (χ3v) is 6.17. The van der Waals surface area contributed by atoms with Gasteiger partial charge in [-0.05, 0) is 50.8 Å². The first-order chi connectivity index (χ1) is 15.8. The highest BCUT2D eigenvalue weighted by Crippen LogP contribution is 2.23. The first-order valence-electron chi connectivity index (χ1n) is 11.3. The molecule has 9 heteroatoms. The van der Waals surface area contributed by atoms with E-state index >= 15 is 0 Å². The zero-order valence-electron chi connectivity index (χ0n) is 19.4. The molecule has 1 saturated heterocycles. The predicted octanol–water partition coefficient (Wildman–Crippen LogP) is 2.17. The van der Waals surface area contributed by atoms with Crippen LogP contribution in [0, 0.1) is 5.82 Å². The lowest BCUT2D eigenvalue weighted by Crippen LogP contribution is -2.44. The van der Waals surface area contributed by atoms with Gasteiger partial charge < -0.3 is 15.2 Å². The molecule has 0 spiro atoms. The van der Waals surface area contributed by atoms with Gasteiger partial charge in [0.2, 0.25) is 5.95 Å². The van der Waals surface area contributed by atoms with Crippen LogP contribution in [0.5, 0.6) is 0 Å². The molecular formula is C24H31FN6O2. The Bertz CT molecular complexity index is 1300. The fourth-order valence-electron chi connectivity index (χ4n) is 4.33. The third kappa shape index (κ3) is 4.64. The highest BCUT2D eigenvalue weighted by molar-refractivity contribution is 5.74. The zero-order valence-corrected chi connectivity index (χ0v) is 19.4. The number of allylic oxidation sites excluding steroid dienone is 2. The molecule has 2 aromatic heterocycles. The number of aryl methyl sites for hydroxylation is 2. The molecule has 0 amide bonds. The van der Waals surface area contributed by atoms with E-state index in [1.54, 1.807) is 19.2 Å². The summed E-state index contributed by atoms with van der Waals surface area (Å²) in [6.07, 6.45) is 4.39. The second-order valence-corrected chi connectivity index (χ2v) is 9.00. The van der Waals surface area contributed by atoms with E-state index < -0.39 is 5.69 Å². The lowest BCUT2D eigenvalue weighted by molar-refractivity contribution is 0.495. The van der Waals surface area contributed by atoms with Crippen LogP contribution < -0.4 is 21.9 Å². The van der Waals surface area contributed by atoms with Gasteiger partial charge in [0, 0.05) is 39.3 Å². The summed E-state index contributed by atoms with van der Waals surface area (Å²) < 4.78 is 17.8. The topological polar surface area (TPSA) is 91.1 Å². The Morgan fingerprint density at radius 2 is 1.94 bits per heavy atom. The van der Waals surface area contributed by atoms with Gasteiger partial charge >= 0.3 is 5.69 Å². The summed E-state index contributed by atoms with van der Waals surface area (Å²) in [6.45, 7) is 6.15. The van der Waals surface area contributed by atoms with Gasteiger partial charge in [-0.25, -0.2) is 9.18 Å². The number of halogens is 1. The fraction of sp³-hybridized carbons (Fsp3) is 0.458. The Morgan fingerprint density at radius 1 is 1.21 bits per heavy atom. The second kappa shape index (κ2) is 9.35. The van der Waals surface area contributed by atoms with Crippen molar-refractivity contribution in [2.45, 2.75) is 52.2 Å². The first-order valence-corrected chi connectivity index (χ1v) is 11.3. The Labute approximate surface area is 191 Å². The van der Waals surface area contributed by atoms with E-state index in [4.69, 9.17) is 10.7 Å². The van der Waals surface area contributed by atoms with Gasteiger partial charge in [0.15, 0.2) is 11.2 Å². The summed E-state index contributed by atoms with van der Waals surface area (Å²) in [7, 11) is 1.64. The molecule has 0 radical (unpaired) electrons. The number of fused-ring (bicyclic) bond motifs is 1. The van der Waals surface area contributed by atoms with Crippen LogP contribution in [0.1, 0.15) is 32.3 Å². The van der Waals surface area contributed by atoms with E-state index in [1.165, 1.54) is 21.3 Å². The van der Waals surface area contributed by atoms with Crippen molar-refractivity contribution in [1.29, 1.82) is 0 Å². The van der Waals surface area contributed by atoms with Crippen molar-refractivity contribution in [2.24, 2.45) is 12.8 Å². The molecule has 176 valence electrons. The van der Waals surface area contributed by atoms with Crippen LogP contribution in [0.4, 0.5) is 10.3 Å². The lowest BCUT2D eigenvalue weighted by atomic mass is 10.1. The van der Waals surface area contributed by atoms with Crippen molar-refractivity contribution >= 4 is 17.1 Å². The Morgan fingerprint density at radius 3 is 2.61 bits per heavy atom. The third-order valence-electron chi connectivity index (χ3n) is 6.17. The highest BCUT2D eigenvalue weighted by atomic mass is 19.1. The number of anilines is 1. The normalized spacial score (nSPS) is 16.4. The van der Waals surface area contributed by atoms with E-state index in [-0.39, 0.29) is 24.0 Å². The minimum atomic E-state index is -0.414. The molecule has 2 N–H and O–H groups in total. The molecular weight excluding hydrogens is 423 g/mol. The molecule has 1 aliphatic heterocycles. The molecule has 1 fully saturated rings. The second-order valence-electron chi connectivity index (χ2n) is 9.00. The fourth-order valence-corrected chi connectivity index (χ4v) is 4.33. The molecule has 3 aromatic rings. The van der Waals surface area contributed by atoms with Gasteiger partial charge in [-0.15, -0.1) is 0 Å². The molecule has 1 unspecified atom stereocenters. The standard InChI is InChI=1S/C24H31FN6O2/c1-16(2)10-13-30-20-21(27-23(30)29-12-4-5-19(26)15-29)28(3)24(33)31(22(20)32)14-11-17-6-8-18(25)9-7-17/h6-10,19H,4-5,11-15,26H2,1-3H3. The summed E-state index contributed by atoms with van der Waals surface area (Å²) in [4.78, 5) is 33.5. The Kier molecular flexibility index (Phi) is 6.51. The smallest absolute Gasteiger partial charge is 0.332 e. The first kappa shape index (κ1) is 23.0. The molecule has 0 aliphatic carbocycles. The zero-order chi connectivity index (χ0) is 23.7. The molecule has 0 saturated carbocycles. The van der Waals surface area contributed by atoms with Crippen LogP contribution in [0.25, 0.3) is 11.2 Å². The number of aromatic nitrogens is 4.